The van der Waals surface area contributed by atoms with Crippen molar-refractivity contribution in [1.82, 2.24) is 0 Å². The molecule has 0 aliphatic heterocycles. The minimum Gasteiger partial charge on any atom is -0.545 e. The van der Waals surface area contributed by atoms with E-state index < -0.39 is 5.97 Å². The van der Waals surface area contributed by atoms with Crippen LogP contribution < -0.4 is 39.4 Å². The van der Waals surface area contributed by atoms with Gasteiger partial charge in [-0.2, -0.15) is 0 Å². The molecule has 0 fully saturated rings. The van der Waals surface area contributed by atoms with Crippen LogP contribution in [0.15, 0.2) is 24.3 Å². The Morgan fingerprint density at radius 1 is 1.00 bits per heavy atom. The normalized spacial score (nSPS) is 9.95. The van der Waals surface area contributed by atoms with Gasteiger partial charge in [0.1, 0.15) is 5.75 Å². The summed E-state index contributed by atoms with van der Waals surface area (Å²) in [5.41, 5.74) is 0.132. The molecule has 4 heteroatoms. The minimum absolute atomic E-state index is 0. The van der Waals surface area contributed by atoms with Crippen molar-refractivity contribution in [2.45, 2.75) is 58.3 Å². The van der Waals surface area contributed by atoms with Gasteiger partial charge in [-0.1, -0.05) is 64.0 Å². The monoisotopic (exact) mass is 300 g/mol. The van der Waals surface area contributed by atoms with E-state index in [4.69, 9.17) is 4.74 Å². The third-order valence-electron chi connectivity index (χ3n) is 3.36. The number of benzene rings is 1. The van der Waals surface area contributed by atoms with Gasteiger partial charge in [-0.15, -0.1) is 0 Å². The van der Waals surface area contributed by atoms with Gasteiger partial charge in [0.25, 0.3) is 0 Å². The van der Waals surface area contributed by atoms with Crippen molar-refractivity contribution in [3.63, 3.8) is 0 Å². The van der Waals surface area contributed by atoms with E-state index >= 15 is 0 Å². The SMILES string of the molecule is CCCCCCCCCCOc1ccccc1C(=O)[O-].[Na+]. The quantitative estimate of drug-likeness (QED) is 0.443. The van der Waals surface area contributed by atoms with Gasteiger partial charge in [-0.05, 0) is 18.6 Å². The van der Waals surface area contributed by atoms with E-state index in [1.165, 1.54) is 44.6 Å². The van der Waals surface area contributed by atoms with Gasteiger partial charge in [-0.3, -0.25) is 0 Å². The molecule has 0 atom stereocenters. The van der Waals surface area contributed by atoms with E-state index in [9.17, 15) is 9.90 Å². The number of carboxylic acids is 1. The molecule has 0 spiro atoms. The Bertz CT molecular complexity index is 393. The maximum Gasteiger partial charge on any atom is 1.00 e. The predicted octanol–water partition coefficient (Wildman–Crippen LogP) is 0.574. The zero-order valence-electron chi connectivity index (χ0n) is 13.4. The molecule has 1 aromatic rings. The number of aromatic carboxylic acids is 1. The number of carbonyl (C=O) groups is 1. The Kier molecular flexibility index (Phi) is 12.9. The summed E-state index contributed by atoms with van der Waals surface area (Å²) in [5, 5.41) is 10.9. The first-order chi connectivity index (χ1) is 9.75. The molecule has 0 aliphatic carbocycles. The van der Waals surface area contributed by atoms with Crippen LogP contribution in [-0.4, -0.2) is 12.6 Å². The van der Waals surface area contributed by atoms with Crippen molar-refractivity contribution < 1.29 is 44.2 Å². The molecule has 0 amide bonds. The summed E-state index contributed by atoms with van der Waals surface area (Å²) in [7, 11) is 0. The Labute approximate surface area is 150 Å². The number of hydrogen-bond donors (Lipinski definition) is 0. The molecule has 3 nitrogen and oxygen atoms in total. The van der Waals surface area contributed by atoms with Crippen LogP contribution in [0.5, 0.6) is 5.75 Å². The van der Waals surface area contributed by atoms with E-state index in [2.05, 4.69) is 6.92 Å². The molecule has 1 aromatic carbocycles. The zero-order chi connectivity index (χ0) is 14.6. The average Bonchev–Trinajstić information content (AvgIpc) is 2.46. The molecule has 0 saturated carbocycles. The van der Waals surface area contributed by atoms with Crippen molar-refractivity contribution >= 4 is 5.97 Å². The smallest absolute Gasteiger partial charge is 0.545 e. The Hall–Kier alpha value is -0.510. The molecule has 21 heavy (non-hydrogen) atoms. The van der Waals surface area contributed by atoms with E-state index in [1.54, 1.807) is 18.2 Å². The first kappa shape index (κ1) is 20.5. The second-order valence-electron chi connectivity index (χ2n) is 5.11. The Balaban J connectivity index is 0.00000400. The molecule has 1 rings (SSSR count). The molecule has 0 aromatic heterocycles. The van der Waals surface area contributed by atoms with E-state index in [0.29, 0.717) is 12.4 Å². The molecule has 0 heterocycles. The summed E-state index contributed by atoms with van der Waals surface area (Å²) in [6, 6.07) is 6.64. The van der Waals surface area contributed by atoms with Crippen LogP contribution in [0.25, 0.3) is 0 Å². The van der Waals surface area contributed by atoms with E-state index in [0.717, 1.165) is 12.8 Å². The standard InChI is InChI=1S/C17H26O3.Na/c1-2-3-4-5-6-7-8-11-14-20-16-13-10-9-12-15(16)17(18)19;/h9-10,12-13H,2-8,11,14H2,1H3,(H,18,19);/q;+1/p-1. The Morgan fingerprint density at radius 3 is 2.19 bits per heavy atom. The first-order valence-electron chi connectivity index (χ1n) is 7.69. The van der Waals surface area contributed by atoms with Crippen molar-refractivity contribution in [2.75, 3.05) is 6.61 Å². The summed E-state index contributed by atoms with van der Waals surface area (Å²) in [6.07, 6.45) is 9.91. The number of ether oxygens (including phenoxy) is 1. The second-order valence-corrected chi connectivity index (χ2v) is 5.11. The summed E-state index contributed by atoms with van der Waals surface area (Å²) < 4.78 is 5.52. The third-order valence-corrected chi connectivity index (χ3v) is 3.36. The van der Waals surface area contributed by atoms with Crippen LogP contribution in [-0.2, 0) is 0 Å². The van der Waals surface area contributed by atoms with Gasteiger partial charge < -0.3 is 14.6 Å². The number of para-hydroxylation sites is 1. The fourth-order valence-corrected chi connectivity index (χ4v) is 2.18. The van der Waals surface area contributed by atoms with E-state index in [1.807, 2.05) is 0 Å². The van der Waals surface area contributed by atoms with Crippen molar-refractivity contribution in [1.29, 1.82) is 0 Å². The fraction of sp³-hybridized carbons (Fsp3) is 0.588. The molecule has 0 bridgehead atoms. The van der Waals surface area contributed by atoms with Crippen molar-refractivity contribution in [2.24, 2.45) is 0 Å². The molecule has 0 unspecified atom stereocenters. The summed E-state index contributed by atoms with van der Waals surface area (Å²) >= 11 is 0. The maximum atomic E-state index is 10.9. The van der Waals surface area contributed by atoms with Crippen molar-refractivity contribution in [3.05, 3.63) is 29.8 Å². The second kappa shape index (κ2) is 13.2. The molecule has 0 saturated heterocycles. The largest absolute Gasteiger partial charge is 1.00 e. The molecule has 0 N–H and O–H groups in total. The molecular formula is C17H25NaO3. The van der Waals surface area contributed by atoms with Gasteiger partial charge in [-0.25, -0.2) is 0 Å². The number of carbonyl (C=O) groups excluding carboxylic acids is 1. The van der Waals surface area contributed by atoms with Gasteiger partial charge >= 0.3 is 29.6 Å². The van der Waals surface area contributed by atoms with Gasteiger partial charge in [0, 0.05) is 5.56 Å². The molecule has 0 radical (unpaired) electrons. The summed E-state index contributed by atoms with van der Waals surface area (Å²) in [5.74, 6) is -0.771. The predicted molar refractivity (Wildman–Crippen MR) is 78.9 cm³/mol. The molecule has 112 valence electrons. The number of unbranched alkanes of at least 4 members (excludes halogenated alkanes) is 7. The van der Waals surface area contributed by atoms with Crippen LogP contribution in [0.4, 0.5) is 0 Å². The zero-order valence-corrected chi connectivity index (χ0v) is 15.4. The maximum absolute atomic E-state index is 10.9. The number of carboxylic acid groups (broad SMARTS) is 1. The van der Waals surface area contributed by atoms with Gasteiger partial charge in [0.2, 0.25) is 0 Å². The average molecular weight is 300 g/mol. The van der Waals surface area contributed by atoms with Crippen LogP contribution in [0.1, 0.15) is 68.6 Å². The van der Waals surface area contributed by atoms with Gasteiger partial charge in [0.05, 0.1) is 12.6 Å². The minimum atomic E-state index is -1.18. The first-order valence-corrected chi connectivity index (χ1v) is 7.69. The van der Waals surface area contributed by atoms with Crippen LogP contribution >= 0.6 is 0 Å². The van der Waals surface area contributed by atoms with Gasteiger partial charge in [0.15, 0.2) is 0 Å². The molecule has 0 aliphatic rings. The van der Waals surface area contributed by atoms with Crippen LogP contribution in [0, 0.1) is 0 Å². The van der Waals surface area contributed by atoms with Crippen molar-refractivity contribution in [3.8, 4) is 5.75 Å². The summed E-state index contributed by atoms with van der Waals surface area (Å²) in [6.45, 7) is 2.79. The summed E-state index contributed by atoms with van der Waals surface area (Å²) in [4.78, 5) is 10.9. The number of hydrogen-bond acceptors (Lipinski definition) is 3. The number of rotatable bonds is 11. The fourth-order valence-electron chi connectivity index (χ4n) is 2.18. The van der Waals surface area contributed by atoms with E-state index in [-0.39, 0.29) is 35.1 Å². The molecular weight excluding hydrogens is 275 g/mol. The Morgan fingerprint density at radius 2 is 1.57 bits per heavy atom. The third kappa shape index (κ3) is 9.18. The topological polar surface area (TPSA) is 49.4 Å². The van der Waals surface area contributed by atoms with Crippen LogP contribution in [0.2, 0.25) is 0 Å². The van der Waals surface area contributed by atoms with Crippen LogP contribution in [0.3, 0.4) is 0 Å².